The van der Waals surface area contributed by atoms with Crippen LogP contribution in [0.3, 0.4) is 0 Å². The van der Waals surface area contributed by atoms with Crippen LogP contribution in [0.2, 0.25) is 0 Å². The van der Waals surface area contributed by atoms with Gasteiger partial charge in [-0.25, -0.2) is 8.42 Å². The number of hydrogen-bond acceptors (Lipinski definition) is 5. The molecule has 0 saturated carbocycles. The molecule has 30 heavy (non-hydrogen) atoms. The molecule has 1 heterocycles. The van der Waals surface area contributed by atoms with Gasteiger partial charge >= 0.3 is 0 Å². The average molecular weight is 430 g/mol. The topological polar surface area (TPSA) is 86.8 Å². The van der Waals surface area contributed by atoms with Gasteiger partial charge in [0.05, 0.1) is 10.9 Å². The Hall–Kier alpha value is -2.55. The number of amides is 1. The standard InChI is InChI=1S/C22H27N3O4S/c1-16-4-10-21(11-5-16)30(28,29)25-14-12-24(13-15-25)17(2)22(27)23-20-8-6-19(7-9-20)18(3)26/h4-11,17H,12-15H2,1-3H3,(H,23,27)/t17-/m1/s1. The molecule has 160 valence electrons. The molecule has 0 aliphatic carbocycles. The molecule has 3 rings (SSSR count). The van der Waals surface area contributed by atoms with E-state index in [-0.39, 0.29) is 11.7 Å². The van der Waals surface area contributed by atoms with Crippen molar-refractivity contribution in [3.05, 3.63) is 59.7 Å². The van der Waals surface area contributed by atoms with Gasteiger partial charge in [-0.3, -0.25) is 14.5 Å². The van der Waals surface area contributed by atoms with Crippen molar-refractivity contribution < 1.29 is 18.0 Å². The molecule has 0 spiro atoms. The minimum Gasteiger partial charge on any atom is -0.325 e. The molecule has 1 fully saturated rings. The Labute approximate surface area is 177 Å². The lowest BCUT2D eigenvalue weighted by Gasteiger charge is -2.36. The van der Waals surface area contributed by atoms with Gasteiger partial charge in [-0.2, -0.15) is 4.31 Å². The monoisotopic (exact) mass is 429 g/mol. The third-order valence-corrected chi connectivity index (χ3v) is 7.33. The summed E-state index contributed by atoms with van der Waals surface area (Å²) in [4.78, 5) is 26.2. The molecule has 2 aromatic rings. The molecule has 1 aliphatic heterocycles. The lowest BCUT2D eigenvalue weighted by atomic mass is 10.1. The zero-order valence-electron chi connectivity index (χ0n) is 17.5. The second kappa shape index (κ2) is 9.07. The number of Topliss-reactive ketones (excluding diaryl/α,β-unsaturated/α-hetero) is 1. The Balaban J connectivity index is 1.57. The predicted octanol–water partition coefficient (Wildman–Crippen LogP) is 2.53. The number of nitrogens with zero attached hydrogens (tertiary/aromatic N) is 2. The molecule has 1 saturated heterocycles. The van der Waals surface area contributed by atoms with Gasteiger partial charge in [0, 0.05) is 37.4 Å². The highest BCUT2D eigenvalue weighted by atomic mass is 32.2. The Morgan fingerprint density at radius 1 is 0.933 bits per heavy atom. The molecule has 1 atom stereocenters. The first-order chi connectivity index (χ1) is 14.2. The Kier molecular flexibility index (Phi) is 6.70. The van der Waals surface area contributed by atoms with E-state index in [0.717, 1.165) is 5.56 Å². The number of rotatable bonds is 6. The van der Waals surface area contributed by atoms with E-state index in [4.69, 9.17) is 0 Å². The molecule has 1 amide bonds. The van der Waals surface area contributed by atoms with Crippen LogP contribution in [0.5, 0.6) is 0 Å². The molecule has 7 nitrogen and oxygen atoms in total. The highest BCUT2D eigenvalue weighted by Gasteiger charge is 2.31. The van der Waals surface area contributed by atoms with E-state index < -0.39 is 16.1 Å². The van der Waals surface area contributed by atoms with Crippen molar-refractivity contribution >= 4 is 27.4 Å². The first-order valence-electron chi connectivity index (χ1n) is 9.91. The summed E-state index contributed by atoms with van der Waals surface area (Å²) < 4.78 is 27.1. The number of aryl methyl sites for hydroxylation is 1. The fraction of sp³-hybridized carbons (Fsp3) is 0.364. The summed E-state index contributed by atoms with van der Waals surface area (Å²) in [6.07, 6.45) is 0. The van der Waals surface area contributed by atoms with Gasteiger partial charge in [-0.05, 0) is 57.2 Å². The SMILES string of the molecule is CC(=O)c1ccc(NC(=O)[C@@H](C)N2CCN(S(=O)(=O)c3ccc(C)cc3)CC2)cc1. The number of benzene rings is 2. The minimum atomic E-state index is -3.53. The van der Waals surface area contributed by atoms with Crippen molar-refractivity contribution in [2.24, 2.45) is 0 Å². The maximum atomic E-state index is 12.8. The first kappa shape index (κ1) is 22.1. The summed E-state index contributed by atoms with van der Waals surface area (Å²) >= 11 is 0. The number of ketones is 1. The van der Waals surface area contributed by atoms with Crippen LogP contribution in [0.15, 0.2) is 53.4 Å². The van der Waals surface area contributed by atoms with Crippen LogP contribution in [0, 0.1) is 6.92 Å². The number of nitrogens with one attached hydrogen (secondary N) is 1. The van der Waals surface area contributed by atoms with Crippen LogP contribution in [-0.2, 0) is 14.8 Å². The van der Waals surface area contributed by atoms with Gasteiger partial charge in [-0.1, -0.05) is 17.7 Å². The Bertz CT molecular complexity index is 1010. The summed E-state index contributed by atoms with van der Waals surface area (Å²) in [5.41, 5.74) is 2.22. The fourth-order valence-corrected chi connectivity index (χ4v) is 4.81. The van der Waals surface area contributed by atoms with E-state index in [9.17, 15) is 18.0 Å². The highest BCUT2D eigenvalue weighted by molar-refractivity contribution is 7.89. The van der Waals surface area contributed by atoms with Crippen LogP contribution in [-0.4, -0.2) is 61.5 Å². The van der Waals surface area contributed by atoms with Gasteiger partial charge < -0.3 is 5.32 Å². The van der Waals surface area contributed by atoms with Crippen molar-refractivity contribution in [2.75, 3.05) is 31.5 Å². The smallest absolute Gasteiger partial charge is 0.243 e. The van der Waals surface area contributed by atoms with Crippen molar-refractivity contribution in [1.82, 2.24) is 9.21 Å². The number of piperazine rings is 1. The third kappa shape index (κ3) is 4.95. The van der Waals surface area contributed by atoms with Gasteiger partial charge in [0.15, 0.2) is 5.78 Å². The molecule has 8 heteroatoms. The summed E-state index contributed by atoms with van der Waals surface area (Å²) in [6, 6.07) is 13.2. The normalized spacial score (nSPS) is 16.8. The molecular weight excluding hydrogens is 402 g/mol. The Morgan fingerprint density at radius 3 is 2.03 bits per heavy atom. The maximum Gasteiger partial charge on any atom is 0.243 e. The van der Waals surface area contributed by atoms with Gasteiger partial charge in [0.1, 0.15) is 0 Å². The molecular formula is C22H27N3O4S. The molecule has 2 aromatic carbocycles. The largest absolute Gasteiger partial charge is 0.325 e. The van der Waals surface area contributed by atoms with Crippen LogP contribution in [0.4, 0.5) is 5.69 Å². The molecule has 0 aromatic heterocycles. The number of carbonyl (C=O) groups is 2. The average Bonchev–Trinajstić information content (AvgIpc) is 2.74. The first-order valence-corrected chi connectivity index (χ1v) is 11.4. The molecule has 0 unspecified atom stereocenters. The van der Waals surface area contributed by atoms with Crippen molar-refractivity contribution in [3.8, 4) is 0 Å². The van der Waals surface area contributed by atoms with Crippen molar-refractivity contribution in [2.45, 2.75) is 31.7 Å². The maximum absolute atomic E-state index is 12.8. The third-order valence-electron chi connectivity index (χ3n) is 5.42. The van der Waals surface area contributed by atoms with Gasteiger partial charge in [0.2, 0.25) is 15.9 Å². The Morgan fingerprint density at radius 2 is 1.50 bits per heavy atom. The zero-order valence-corrected chi connectivity index (χ0v) is 18.3. The summed E-state index contributed by atoms with van der Waals surface area (Å²) in [5.74, 6) is -0.194. The molecule has 1 N–H and O–H groups in total. The van der Waals surface area contributed by atoms with E-state index in [0.29, 0.717) is 42.3 Å². The second-order valence-electron chi connectivity index (χ2n) is 7.55. The number of anilines is 1. The quantitative estimate of drug-likeness (QED) is 0.713. The van der Waals surface area contributed by atoms with Crippen LogP contribution < -0.4 is 5.32 Å². The summed E-state index contributed by atoms with van der Waals surface area (Å²) in [6.45, 7) is 6.84. The number of hydrogen-bond donors (Lipinski definition) is 1. The van der Waals surface area contributed by atoms with Crippen LogP contribution in [0.25, 0.3) is 0 Å². The van der Waals surface area contributed by atoms with E-state index >= 15 is 0 Å². The summed E-state index contributed by atoms with van der Waals surface area (Å²) in [7, 11) is -3.53. The van der Waals surface area contributed by atoms with Crippen molar-refractivity contribution in [3.63, 3.8) is 0 Å². The van der Waals surface area contributed by atoms with Crippen molar-refractivity contribution in [1.29, 1.82) is 0 Å². The van der Waals surface area contributed by atoms with E-state index in [1.165, 1.54) is 11.2 Å². The fourth-order valence-electron chi connectivity index (χ4n) is 3.39. The zero-order chi connectivity index (χ0) is 21.9. The minimum absolute atomic E-state index is 0.0281. The number of sulfonamides is 1. The lowest BCUT2D eigenvalue weighted by molar-refractivity contribution is -0.121. The van der Waals surface area contributed by atoms with Crippen LogP contribution >= 0.6 is 0 Å². The molecule has 0 radical (unpaired) electrons. The van der Waals surface area contributed by atoms with Gasteiger partial charge in [0.25, 0.3) is 0 Å². The second-order valence-corrected chi connectivity index (χ2v) is 9.49. The number of carbonyl (C=O) groups excluding carboxylic acids is 2. The van der Waals surface area contributed by atoms with Gasteiger partial charge in [-0.15, -0.1) is 0 Å². The van der Waals surface area contributed by atoms with E-state index in [2.05, 4.69) is 5.32 Å². The van der Waals surface area contributed by atoms with Crippen LogP contribution in [0.1, 0.15) is 29.8 Å². The molecule has 1 aliphatic rings. The molecule has 0 bridgehead atoms. The van der Waals surface area contributed by atoms with E-state index in [1.54, 1.807) is 48.5 Å². The summed E-state index contributed by atoms with van der Waals surface area (Å²) in [5, 5.41) is 2.85. The lowest BCUT2D eigenvalue weighted by Crippen LogP contribution is -2.53. The highest BCUT2D eigenvalue weighted by Crippen LogP contribution is 2.19. The van der Waals surface area contributed by atoms with E-state index in [1.807, 2.05) is 18.7 Å². The predicted molar refractivity (Wildman–Crippen MR) is 116 cm³/mol.